The molecule has 0 amide bonds. The first-order chi connectivity index (χ1) is 7.71. The lowest BCUT2D eigenvalue weighted by Crippen LogP contribution is -1.98. The van der Waals surface area contributed by atoms with E-state index in [1.807, 2.05) is 0 Å². The molecule has 0 radical (unpaired) electrons. The molecule has 0 atom stereocenters. The average molecular weight is 235 g/mol. The molecular weight excluding hydrogens is 228 g/mol. The van der Waals surface area contributed by atoms with Crippen molar-refractivity contribution in [1.82, 2.24) is 0 Å². The fraction of sp³-hybridized carbons (Fsp3) is 0.100. The maximum absolute atomic E-state index is 8.48. The number of hydrogen-bond donors (Lipinski definition) is 1. The van der Waals surface area contributed by atoms with Gasteiger partial charge in [-0.3, -0.25) is 5.43 Å². The van der Waals surface area contributed by atoms with Crippen LogP contribution in [0.2, 0.25) is 5.02 Å². The van der Waals surface area contributed by atoms with Gasteiger partial charge in [-0.1, -0.05) is 11.6 Å². The van der Waals surface area contributed by atoms with Crippen LogP contribution in [0.15, 0.2) is 23.3 Å². The van der Waals surface area contributed by atoms with E-state index >= 15 is 0 Å². The number of nitrogens with zero attached hydrogens (tertiary/aromatic N) is 3. The third-order valence-electron chi connectivity index (χ3n) is 1.66. The van der Waals surface area contributed by atoms with Gasteiger partial charge in [-0.15, -0.1) is 0 Å². The van der Waals surface area contributed by atoms with Crippen LogP contribution in [0.1, 0.15) is 0 Å². The van der Waals surface area contributed by atoms with Gasteiger partial charge in [-0.05, 0) is 18.2 Å². The lowest BCUT2D eigenvalue weighted by Gasteiger charge is -2.07. The van der Waals surface area contributed by atoms with Crippen LogP contribution in [0.4, 0.5) is 5.69 Å². The van der Waals surface area contributed by atoms with Gasteiger partial charge < -0.3 is 4.74 Å². The molecule has 1 aromatic rings. The Kier molecular flexibility index (Phi) is 4.14. The minimum Gasteiger partial charge on any atom is -0.495 e. The molecule has 1 rings (SSSR count). The number of nitriles is 2. The first-order valence-corrected chi connectivity index (χ1v) is 4.56. The Morgan fingerprint density at radius 2 is 2.12 bits per heavy atom. The molecule has 0 unspecified atom stereocenters. The van der Waals surface area contributed by atoms with Gasteiger partial charge in [0, 0.05) is 5.02 Å². The molecule has 1 aromatic carbocycles. The van der Waals surface area contributed by atoms with Gasteiger partial charge in [0.05, 0.1) is 12.8 Å². The summed E-state index contributed by atoms with van der Waals surface area (Å²) >= 11 is 5.78. The van der Waals surface area contributed by atoms with Crippen molar-refractivity contribution in [2.75, 3.05) is 12.5 Å². The topological polar surface area (TPSA) is 81.2 Å². The molecule has 1 N–H and O–H groups in total. The predicted molar refractivity (Wildman–Crippen MR) is 60.3 cm³/mol. The van der Waals surface area contributed by atoms with E-state index in [9.17, 15) is 0 Å². The Hall–Kier alpha value is -2.24. The number of rotatable bonds is 3. The number of methoxy groups -OCH3 is 1. The smallest absolute Gasteiger partial charge is 0.237 e. The lowest BCUT2D eigenvalue weighted by molar-refractivity contribution is 0.416. The van der Waals surface area contributed by atoms with Gasteiger partial charge in [-0.2, -0.15) is 15.6 Å². The van der Waals surface area contributed by atoms with Crippen LogP contribution in [0, 0.1) is 22.7 Å². The summed E-state index contributed by atoms with van der Waals surface area (Å²) in [6.45, 7) is 0. The van der Waals surface area contributed by atoms with Crippen molar-refractivity contribution in [3.05, 3.63) is 23.2 Å². The van der Waals surface area contributed by atoms with E-state index in [4.69, 9.17) is 26.9 Å². The zero-order valence-corrected chi connectivity index (χ0v) is 9.12. The highest BCUT2D eigenvalue weighted by atomic mass is 35.5. The molecule has 0 spiro atoms. The van der Waals surface area contributed by atoms with Gasteiger partial charge in [0.15, 0.2) is 0 Å². The minimum absolute atomic E-state index is 0.276. The lowest BCUT2D eigenvalue weighted by atomic mass is 10.3. The normalized spacial score (nSPS) is 8.50. The van der Waals surface area contributed by atoms with Gasteiger partial charge in [-0.25, -0.2) is 0 Å². The largest absolute Gasteiger partial charge is 0.495 e. The molecule has 0 saturated heterocycles. The molecule has 0 aliphatic carbocycles. The molecule has 16 heavy (non-hydrogen) atoms. The maximum Gasteiger partial charge on any atom is 0.237 e. The number of anilines is 1. The van der Waals surface area contributed by atoms with Crippen molar-refractivity contribution in [2.24, 2.45) is 5.10 Å². The second kappa shape index (κ2) is 5.59. The fourth-order valence-electron chi connectivity index (χ4n) is 0.959. The van der Waals surface area contributed by atoms with Crippen molar-refractivity contribution in [3.63, 3.8) is 0 Å². The Morgan fingerprint density at radius 1 is 1.44 bits per heavy atom. The standard InChI is InChI=1S/C10H7ClN4O/c1-16-10-3-2-7(11)4-9(10)15-14-8(5-12)6-13/h2-4,15H,1H3. The monoisotopic (exact) mass is 234 g/mol. The minimum atomic E-state index is -0.276. The molecule has 0 saturated carbocycles. The van der Waals surface area contributed by atoms with E-state index in [0.29, 0.717) is 16.5 Å². The molecular formula is C10H7ClN4O. The van der Waals surface area contributed by atoms with Gasteiger partial charge in [0.2, 0.25) is 5.71 Å². The molecule has 80 valence electrons. The zero-order valence-electron chi connectivity index (χ0n) is 8.36. The Balaban J connectivity index is 2.98. The number of nitrogens with one attached hydrogen (secondary N) is 1. The van der Waals surface area contributed by atoms with Gasteiger partial charge in [0.25, 0.3) is 0 Å². The quantitative estimate of drug-likeness (QED) is 0.642. The highest BCUT2D eigenvalue weighted by molar-refractivity contribution is 6.30. The van der Waals surface area contributed by atoms with E-state index < -0.39 is 0 Å². The van der Waals surface area contributed by atoms with Crippen molar-refractivity contribution in [3.8, 4) is 17.9 Å². The van der Waals surface area contributed by atoms with Crippen LogP contribution in [0.5, 0.6) is 5.75 Å². The van der Waals surface area contributed by atoms with Crippen LogP contribution >= 0.6 is 11.6 Å². The van der Waals surface area contributed by atoms with E-state index in [1.165, 1.54) is 7.11 Å². The second-order valence-corrected chi connectivity index (χ2v) is 3.08. The number of halogens is 1. The predicted octanol–water partition coefficient (Wildman–Crippen LogP) is 2.16. The summed E-state index contributed by atoms with van der Waals surface area (Å²) in [6, 6.07) is 8.14. The number of ether oxygens (including phenoxy) is 1. The molecule has 0 aliphatic rings. The molecule has 0 heterocycles. The third-order valence-corrected chi connectivity index (χ3v) is 1.90. The Bertz CT molecular complexity index is 483. The SMILES string of the molecule is COc1ccc(Cl)cc1NN=C(C#N)C#N. The maximum atomic E-state index is 8.48. The van der Waals surface area contributed by atoms with Crippen molar-refractivity contribution in [1.29, 1.82) is 10.5 Å². The Labute approximate surface area is 97.5 Å². The zero-order chi connectivity index (χ0) is 12.0. The summed E-state index contributed by atoms with van der Waals surface area (Å²) in [5.74, 6) is 0.517. The Morgan fingerprint density at radius 3 is 2.69 bits per heavy atom. The molecule has 6 heteroatoms. The highest BCUT2D eigenvalue weighted by Crippen LogP contribution is 2.27. The van der Waals surface area contributed by atoms with Crippen LogP contribution in [-0.4, -0.2) is 12.8 Å². The van der Waals surface area contributed by atoms with E-state index in [-0.39, 0.29) is 5.71 Å². The third kappa shape index (κ3) is 2.88. The first kappa shape index (κ1) is 11.8. The van der Waals surface area contributed by atoms with E-state index in [1.54, 1.807) is 30.3 Å². The summed E-state index contributed by atoms with van der Waals surface area (Å²) in [7, 11) is 1.49. The fourth-order valence-corrected chi connectivity index (χ4v) is 1.13. The molecule has 0 fully saturated rings. The summed E-state index contributed by atoms with van der Waals surface area (Å²) < 4.78 is 5.04. The molecule has 5 nitrogen and oxygen atoms in total. The summed E-state index contributed by atoms with van der Waals surface area (Å²) in [5.41, 5.74) is 2.75. The van der Waals surface area contributed by atoms with Crippen LogP contribution in [0.3, 0.4) is 0 Å². The summed E-state index contributed by atoms with van der Waals surface area (Å²) in [5, 5.41) is 21.0. The number of benzene rings is 1. The van der Waals surface area contributed by atoms with E-state index in [0.717, 1.165) is 0 Å². The average Bonchev–Trinajstić information content (AvgIpc) is 2.30. The number of hydrogen-bond acceptors (Lipinski definition) is 5. The van der Waals surface area contributed by atoms with Gasteiger partial charge in [0.1, 0.15) is 17.9 Å². The first-order valence-electron chi connectivity index (χ1n) is 4.18. The summed E-state index contributed by atoms with van der Waals surface area (Å²) in [4.78, 5) is 0. The second-order valence-electron chi connectivity index (χ2n) is 2.64. The number of hydrazone groups is 1. The van der Waals surface area contributed by atoms with Crippen molar-refractivity contribution in [2.45, 2.75) is 0 Å². The van der Waals surface area contributed by atoms with Crippen LogP contribution in [0.25, 0.3) is 0 Å². The van der Waals surface area contributed by atoms with E-state index in [2.05, 4.69) is 10.5 Å². The highest BCUT2D eigenvalue weighted by Gasteiger charge is 2.03. The van der Waals surface area contributed by atoms with Crippen molar-refractivity contribution >= 4 is 23.0 Å². The van der Waals surface area contributed by atoms with Crippen LogP contribution in [-0.2, 0) is 0 Å². The molecule has 0 aromatic heterocycles. The van der Waals surface area contributed by atoms with Gasteiger partial charge >= 0.3 is 0 Å². The molecule has 0 bridgehead atoms. The van der Waals surface area contributed by atoms with Crippen molar-refractivity contribution < 1.29 is 4.74 Å². The molecule has 0 aliphatic heterocycles. The van der Waals surface area contributed by atoms with Crippen LogP contribution < -0.4 is 10.2 Å². The summed E-state index contributed by atoms with van der Waals surface area (Å²) in [6.07, 6.45) is 0.